The molecule has 1 aromatic heterocycles. The predicted molar refractivity (Wildman–Crippen MR) is 93.9 cm³/mol. The van der Waals surface area contributed by atoms with Gasteiger partial charge in [-0.2, -0.15) is 5.10 Å². The number of halogens is 2. The fourth-order valence-corrected chi connectivity index (χ4v) is 2.48. The molecular weight excluding hydrogens is 345 g/mol. The zero-order valence-electron chi connectivity index (χ0n) is 13.2. The number of carbonyl (C=O) groups is 1. The summed E-state index contributed by atoms with van der Waals surface area (Å²) in [6, 6.07) is 14.2. The third-order valence-corrected chi connectivity index (χ3v) is 3.79. The van der Waals surface area contributed by atoms with Crippen LogP contribution in [0.15, 0.2) is 59.4 Å². The number of benzene rings is 2. The number of nitrogens with one attached hydrogen (secondary N) is 1. The summed E-state index contributed by atoms with van der Waals surface area (Å²) in [6.45, 7) is 1.73. The van der Waals surface area contributed by atoms with Gasteiger partial charge in [-0.05, 0) is 37.3 Å². The van der Waals surface area contributed by atoms with Gasteiger partial charge in [0.15, 0.2) is 5.69 Å². The standard InChI is InChI=1S/C18H13ClFN3O2/c1-11-9-16(24)17(22-23(11)13-5-3-2-4-6-13)18(25)21-12-7-8-15(20)14(19)10-12/h2-10H,1H3,(H,21,25). The quantitative estimate of drug-likeness (QED) is 0.779. The molecule has 5 nitrogen and oxygen atoms in total. The van der Waals surface area contributed by atoms with E-state index in [9.17, 15) is 14.0 Å². The van der Waals surface area contributed by atoms with E-state index in [2.05, 4.69) is 10.4 Å². The predicted octanol–water partition coefficient (Wildman–Crippen LogP) is 3.59. The van der Waals surface area contributed by atoms with Crippen LogP contribution in [0.1, 0.15) is 16.2 Å². The molecule has 2 aromatic carbocycles. The summed E-state index contributed by atoms with van der Waals surface area (Å²) >= 11 is 5.69. The zero-order chi connectivity index (χ0) is 18.0. The van der Waals surface area contributed by atoms with Crippen molar-refractivity contribution in [2.24, 2.45) is 0 Å². The molecule has 0 aliphatic heterocycles. The first-order chi connectivity index (χ1) is 12.0. The summed E-state index contributed by atoms with van der Waals surface area (Å²) in [5.41, 5.74) is 0.811. The van der Waals surface area contributed by atoms with E-state index < -0.39 is 17.2 Å². The lowest BCUT2D eigenvalue weighted by atomic mass is 10.2. The monoisotopic (exact) mass is 357 g/mol. The Morgan fingerprint density at radius 1 is 1.16 bits per heavy atom. The van der Waals surface area contributed by atoms with Crippen LogP contribution < -0.4 is 10.7 Å². The number of amides is 1. The largest absolute Gasteiger partial charge is 0.320 e. The van der Waals surface area contributed by atoms with Crippen molar-refractivity contribution >= 4 is 23.2 Å². The fraction of sp³-hybridized carbons (Fsp3) is 0.0556. The van der Waals surface area contributed by atoms with Crippen LogP contribution in [0.4, 0.5) is 10.1 Å². The molecule has 0 fully saturated rings. The molecule has 3 aromatic rings. The molecular formula is C18H13ClFN3O2. The van der Waals surface area contributed by atoms with E-state index in [0.717, 1.165) is 11.8 Å². The molecule has 0 atom stereocenters. The molecule has 0 saturated carbocycles. The minimum Gasteiger partial charge on any atom is -0.320 e. The van der Waals surface area contributed by atoms with E-state index in [1.54, 1.807) is 6.92 Å². The van der Waals surface area contributed by atoms with Crippen molar-refractivity contribution in [1.29, 1.82) is 0 Å². The third-order valence-electron chi connectivity index (χ3n) is 3.50. The van der Waals surface area contributed by atoms with Gasteiger partial charge in [-0.3, -0.25) is 9.59 Å². The van der Waals surface area contributed by atoms with Crippen LogP contribution in [0.5, 0.6) is 0 Å². The molecule has 0 aliphatic rings. The molecule has 0 spiro atoms. The normalized spacial score (nSPS) is 10.5. The second kappa shape index (κ2) is 6.86. The minimum atomic E-state index is -0.697. The Kier molecular flexibility index (Phi) is 4.63. The number of nitrogens with zero attached hydrogens (tertiary/aromatic N) is 2. The number of aryl methyl sites for hydroxylation is 1. The summed E-state index contributed by atoms with van der Waals surface area (Å²) in [6.07, 6.45) is 0. The van der Waals surface area contributed by atoms with Gasteiger partial charge < -0.3 is 5.32 Å². The molecule has 0 aliphatic carbocycles. The van der Waals surface area contributed by atoms with Crippen LogP contribution in [-0.4, -0.2) is 15.7 Å². The van der Waals surface area contributed by atoms with Crippen LogP contribution in [0.25, 0.3) is 5.69 Å². The van der Waals surface area contributed by atoms with Gasteiger partial charge in [0.2, 0.25) is 5.43 Å². The first-order valence-electron chi connectivity index (χ1n) is 7.38. The van der Waals surface area contributed by atoms with Crippen LogP contribution in [0, 0.1) is 12.7 Å². The number of rotatable bonds is 3. The molecule has 1 amide bonds. The lowest BCUT2D eigenvalue weighted by Crippen LogP contribution is -2.26. The van der Waals surface area contributed by atoms with Gasteiger partial charge in [-0.1, -0.05) is 29.8 Å². The summed E-state index contributed by atoms with van der Waals surface area (Å²) < 4.78 is 14.7. The van der Waals surface area contributed by atoms with Gasteiger partial charge in [0.1, 0.15) is 5.82 Å². The fourth-order valence-electron chi connectivity index (χ4n) is 2.30. The Bertz CT molecular complexity index is 1000. The van der Waals surface area contributed by atoms with Crippen molar-refractivity contribution in [1.82, 2.24) is 9.78 Å². The highest BCUT2D eigenvalue weighted by Crippen LogP contribution is 2.19. The Morgan fingerprint density at radius 2 is 1.88 bits per heavy atom. The van der Waals surface area contributed by atoms with Crippen molar-refractivity contribution < 1.29 is 9.18 Å². The van der Waals surface area contributed by atoms with Gasteiger partial charge in [0, 0.05) is 17.4 Å². The maximum absolute atomic E-state index is 13.2. The van der Waals surface area contributed by atoms with Crippen LogP contribution >= 0.6 is 11.6 Å². The van der Waals surface area contributed by atoms with Gasteiger partial charge in [-0.15, -0.1) is 0 Å². The maximum Gasteiger partial charge on any atom is 0.280 e. The minimum absolute atomic E-state index is 0.128. The van der Waals surface area contributed by atoms with Crippen molar-refractivity contribution in [3.05, 3.63) is 87.0 Å². The van der Waals surface area contributed by atoms with Gasteiger partial charge in [0.05, 0.1) is 10.7 Å². The molecule has 126 valence electrons. The molecule has 0 radical (unpaired) electrons. The maximum atomic E-state index is 13.2. The summed E-state index contributed by atoms with van der Waals surface area (Å²) in [5.74, 6) is -1.29. The average Bonchev–Trinajstić information content (AvgIpc) is 2.59. The second-order valence-electron chi connectivity index (χ2n) is 5.33. The molecule has 1 heterocycles. The number of para-hydroxylation sites is 1. The molecule has 3 rings (SSSR count). The third kappa shape index (κ3) is 3.59. The van der Waals surface area contributed by atoms with Gasteiger partial charge >= 0.3 is 0 Å². The number of hydrogen-bond acceptors (Lipinski definition) is 3. The highest BCUT2D eigenvalue weighted by molar-refractivity contribution is 6.31. The van der Waals surface area contributed by atoms with Crippen LogP contribution in [0.3, 0.4) is 0 Å². The second-order valence-corrected chi connectivity index (χ2v) is 5.74. The van der Waals surface area contributed by atoms with E-state index in [-0.39, 0.29) is 16.4 Å². The number of anilines is 1. The molecule has 25 heavy (non-hydrogen) atoms. The SMILES string of the molecule is Cc1cc(=O)c(C(=O)Nc2ccc(F)c(Cl)c2)nn1-c1ccccc1. The molecule has 0 saturated heterocycles. The molecule has 7 heteroatoms. The smallest absolute Gasteiger partial charge is 0.280 e. The molecule has 1 N–H and O–H groups in total. The first-order valence-corrected chi connectivity index (χ1v) is 7.76. The van der Waals surface area contributed by atoms with Crippen molar-refractivity contribution in [2.45, 2.75) is 6.92 Å². The summed E-state index contributed by atoms with van der Waals surface area (Å²) in [4.78, 5) is 24.6. The Morgan fingerprint density at radius 3 is 2.56 bits per heavy atom. The average molecular weight is 358 g/mol. The summed E-state index contributed by atoms with van der Waals surface area (Å²) in [5, 5.41) is 6.53. The molecule has 0 bridgehead atoms. The van der Waals surface area contributed by atoms with Gasteiger partial charge in [0.25, 0.3) is 5.91 Å². The highest BCUT2D eigenvalue weighted by atomic mass is 35.5. The topological polar surface area (TPSA) is 64.0 Å². The highest BCUT2D eigenvalue weighted by Gasteiger charge is 2.16. The van der Waals surface area contributed by atoms with Crippen molar-refractivity contribution in [3.8, 4) is 5.69 Å². The Labute approximate surface area is 147 Å². The lowest BCUT2D eigenvalue weighted by molar-refractivity contribution is 0.101. The number of aromatic nitrogens is 2. The lowest BCUT2D eigenvalue weighted by Gasteiger charge is -2.11. The van der Waals surface area contributed by atoms with E-state index in [0.29, 0.717) is 5.69 Å². The molecule has 0 unspecified atom stereocenters. The van der Waals surface area contributed by atoms with Crippen LogP contribution in [-0.2, 0) is 0 Å². The summed E-state index contributed by atoms with van der Waals surface area (Å²) in [7, 11) is 0. The Hall–Kier alpha value is -2.99. The number of carbonyl (C=O) groups excluding carboxylic acids is 1. The van der Waals surface area contributed by atoms with E-state index in [1.807, 2.05) is 30.3 Å². The van der Waals surface area contributed by atoms with Crippen molar-refractivity contribution in [2.75, 3.05) is 5.32 Å². The van der Waals surface area contributed by atoms with E-state index in [1.165, 1.54) is 22.9 Å². The first kappa shape index (κ1) is 16.9. The van der Waals surface area contributed by atoms with Crippen LogP contribution in [0.2, 0.25) is 5.02 Å². The van der Waals surface area contributed by atoms with E-state index >= 15 is 0 Å². The van der Waals surface area contributed by atoms with Crippen molar-refractivity contribution in [3.63, 3.8) is 0 Å². The zero-order valence-corrected chi connectivity index (χ0v) is 13.9. The number of hydrogen-bond donors (Lipinski definition) is 1. The van der Waals surface area contributed by atoms with E-state index in [4.69, 9.17) is 11.6 Å². The van der Waals surface area contributed by atoms with Gasteiger partial charge in [-0.25, -0.2) is 9.07 Å². The Balaban J connectivity index is 1.97.